The van der Waals surface area contributed by atoms with Gasteiger partial charge in [-0.05, 0) is 42.7 Å². The summed E-state index contributed by atoms with van der Waals surface area (Å²) in [5.74, 6) is 1.32. The van der Waals surface area contributed by atoms with Crippen molar-refractivity contribution < 1.29 is 4.74 Å². The minimum absolute atomic E-state index is 0.0112. The van der Waals surface area contributed by atoms with Gasteiger partial charge in [-0.2, -0.15) is 0 Å². The van der Waals surface area contributed by atoms with Gasteiger partial charge in [0.2, 0.25) is 0 Å². The number of amidine groups is 1. The lowest BCUT2D eigenvalue weighted by Crippen LogP contribution is -2.13. The fraction of sp³-hybridized carbons (Fsp3) is 0.0714. The molecule has 0 bridgehead atoms. The van der Waals surface area contributed by atoms with Gasteiger partial charge in [0, 0.05) is 9.37 Å². The SMILES string of the molecule is CSc1cccc(Oc2ccc(Br)cc2)c1C(=N)N. The smallest absolute Gasteiger partial charge is 0.139 e. The van der Waals surface area contributed by atoms with Crippen molar-refractivity contribution in [3.8, 4) is 11.5 Å². The molecular formula is C14H13BrN2OS. The second kappa shape index (κ2) is 6.12. The molecule has 0 unspecified atom stereocenters. The van der Waals surface area contributed by atoms with Crippen LogP contribution in [-0.4, -0.2) is 12.1 Å². The van der Waals surface area contributed by atoms with Crippen LogP contribution < -0.4 is 10.5 Å². The van der Waals surface area contributed by atoms with E-state index in [2.05, 4.69) is 15.9 Å². The lowest BCUT2D eigenvalue weighted by atomic mass is 10.2. The molecular weight excluding hydrogens is 324 g/mol. The summed E-state index contributed by atoms with van der Waals surface area (Å²) in [5, 5.41) is 7.70. The van der Waals surface area contributed by atoms with E-state index in [1.54, 1.807) is 11.8 Å². The first-order valence-electron chi connectivity index (χ1n) is 5.56. The minimum atomic E-state index is 0.0112. The zero-order chi connectivity index (χ0) is 13.8. The van der Waals surface area contributed by atoms with Crippen molar-refractivity contribution in [1.29, 1.82) is 5.41 Å². The molecule has 0 heterocycles. The van der Waals surface area contributed by atoms with E-state index in [4.69, 9.17) is 15.9 Å². The summed E-state index contributed by atoms with van der Waals surface area (Å²) in [7, 11) is 0. The molecule has 5 heteroatoms. The zero-order valence-corrected chi connectivity index (χ0v) is 12.7. The van der Waals surface area contributed by atoms with Gasteiger partial charge in [-0.1, -0.05) is 22.0 Å². The van der Waals surface area contributed by atoms with Crippen LogP contribution in [0.15, 0.2) is 51.8 Å². The van der Waals surface area contributed by atoms with Gasteiger partial charge in [-0.15, -0.1) is 11.8 Å². The Morgan fingerprint density at radius 1 is 1.21 bits per heavy atom. The van der Waals surface area contributed by atoms with Gasteiger partial charge in [0.25, 0.3) is 0 Å². The van der Waals surface area contributed by atoms with Crippen molar-refractivity contribution in [2.24, 2.45) is 5.73 Å². The molecule has 2 aromatic carbocycles. The van der Waals surface area contributed by atoms with Crippen LogP contribution in [0.3, 0.4) is 0 Å². The highest BCUT2D eigenvalue weighted by Gasteiger charge is 2.12. The van der Waals surface area contributed by atoms with Crippen LogP contribution >= 0.6 is 27.7 Å². The summed E-state index contributed by atoms with van der Waals surface area (Å²) in [5.41, 5.74) is 6.29. The number of halogens is 1. The Labute approximate surface area is 124 Å². The first-order chi connectivity index (χ1) is 9.11. The topological polar surface area (TPSA) is 59.1 Å². The second-order valence-electron chi connectivity index (χ2n) is 3.80. The van der Waals surface area contributed by atoms with Crippen LogP contribution in [0.4, 0.5) is 0 Å². The van der Waals surface area contributed by atoms with E-state index in [0.717, 1.165) is 9.37 Å². The van der Waals surface area contributed by atoms with Gasteiger partial charge < -0.3 is 10.5 Å². The maximum absolute atomic E-state index is 7.70. The van der Waals surface area contributed by atoms with Crippen LogP contribution in [-0.2, 0) is 0 Å². The fourth-order valence-electron chi connectivity index (χ4n) is 1.66. The Morgan fingerprint density at radius 2 is 1.89 bits per heavy atom. The normalized spacial score (nSPS) is 10.2. The molecule has 98 valence electrons. The van der Waals surface area contributed by atoms with Crippen LogP contribution in [0.2, 0.25) is 0 Å². The van der Waals surface area contributed by atoms with Crippen LogP contribution in [0.5, 0.6) is 11.5 Å². The maximum atomic E-state index is 7.70. The molecule has 2 aromatic rings. The minimum Gasteiger partial charge on any atom is -0.457 e. The Bertz CT molecular complexity index is 599. The predicted molar refractivity (Wildman–Crippen MR) is 83.5 cm³/mol. The monoisotopic (exact) mass is 336 g/mol. The molecule has 0 spiro atoms. The molecule has 0 aliphatic rings. The second-order valence-corrected chi connectivity index (χ2v) is 5.57. The van der Waals surface area contributed by atoms with Gasteiger partial charge in [0.1, 0.15) is 17.3 Å². The Hall–Kier alpha value is -1.46. The van der Waals surface area contributed by atoms with Crippen molar-refractivity contribution >= 4 is 33.5 Å². The van der Waals surface area contributed by atoms with Crippen molar-refractivity contribution in [3.63, 3.8) is 0 Å². The third kappa shape index (κ3) is 3.30. The molecule has 0 saturated heterocycles. The summed E-state index contributed by atoms with van der Waals surface area (Å²) >= 11 is 4.92. The average Bonchev–Trinajstić information content (AvgIpc) is 2.40. The zero-order valence-electron chi connectivity index (χ0n) is 10.3. The van der Waals surface area contributed by atoms with E-state index in [9.17, 15) is 0 Å². The third-order valence-corrected chi connectivity index (χ3v) is 3.83. The molecule has 19 heavy (non-hydrogen) atoms. The predicted octanol–water partition coefficient (Wildman–Crippen LogP) is 4.25. The maximum Gasteiger partial charge on any atom is 0.139 e. The average molecular weight is 337 g/mol. The van der Waals surface area contributed by atoms with Crippen molar-refractivity contribution in [2.45, 2.75) is 4.90 Å². The highest BCUT2D eigenvalue weighted by atomic mass is 79.9. The number of nitrogens with two attached hydrogens (primary N) is 1. The number of ether oxygens (including phenoxy) is 1. The Morgan fingerprint density at radius 3 is 2.47 bits per heavy atom. The van der Waals surface area contributed by atoms with Gasteiger partial charge in [-0.3, -0.25) is 5.41 Å². The van der Waals surface area contributed by atoms with E-state index in [-0.39, 0.29) is 5.84 Å². The number of rotatable bonds is 4. The molecule has 0 aromatic heterocycles. The summed E-state index contributed by atoms with van der Waals surface area (Å²) in [6, 6.07) is 13.2. The summed E-state index contributed by atoms with van der Waals surface area (Å²) in [4.78, 5) is 0.933. The van der Waals surface area contributed by atoms with Crippen molar-refractivity contribution in [2.75, 3.05) is 6.26 Å². The van der Waals surface area contributed by atoms with Gasteiger partial charge >= 0.3 is 0 Å². The standard InChI is InChI=1S/C14H13BrN2OS/c1-19-12-4-2-3-11(13(12)14(16)17)18-10-7-5-9(15)6-8-10/h2-8H,1H3,(H3,16,17). The number of benzene rings is 2. The number of hydrogen-bond donors (Lipinski definition) is 2. The van der Waals surface area contributed by atoms with E-state index < -0.39 is 0 Å². The van der Waals surface area contributed by atoms with Crippen molar-refractivity contribution in [1.82, 2.24) is 0 Å². The molecule has 0 fully saturated rings. The molecule has 0 atom stereocenters. The number of hydrogen-bond acceptors (Lipinski definition) is 3. The van der Waals surface area contributed by atoms with Gasteiger partial charge in [0.15, 0.2) is 0 Å². The van der Waals surface area contributed by atoms with Crippen LogP contribution in [0.1, 0.15) is 5.56 Å². The first-order valence-corrected chi connectivity index (χ1v) is 7.58. The quantitative estimate of drug-likeness (QED) is 0.498. The summed E-state index contributed by atoms with van der Waals surface area (Å²) in [6.07, 6.45) is 1.95. The van der Waals surface area contributed by atoms with Crippen LogP contribution in [0, 0.1) is 5.41 Å². The lowest BCUT2D eigenvalue weighted by molar-refractivity contribution is 0.480. The lowest BCUT2D eigenvalue weighted by Gasteiger charge is -2.13. The van der Waals surface area contributed by atoms with Crippen LogP contribution in [0.25, 0.3) is 0 Å². The van der Waals surface area contributed by atoms with E-state index in [0.29, 0.717) is 17.1 Å². The van der Waals surface area contributed by atoms with E-state index >= 15 is 0 Å². The molecule has 2 rings (SSSR count). The third-order valence-electron chi connectivity index (χ3n) is 2.52. The molecule has 0 saturated carbocycles. The van der Waals surface area contributed by atoms with Gasteiger partial charge in [-0.25, -0.2) is 0 Å². The molecule has 0 aliphatic heterocycles. The van der Waals surface area contributed by atoms with E-state index in [1.807, 2.05) is 48.7 Å². The number of nitrogens with one attached hydrogen (secondary N) is 1. The molecule has 0 aliphatic carbocycles. The largest absolute Gasteiger partial charge is 0.457 e. The Balaban J connectivity index is 2.39. The van der Waals surface area contributed by atoms with Crippen molar-refractivity contribution in [3.05, 3.63) is 52.5 Å². The fourth-order valence-corrected chi connectivity index (χ4v) is 2.55. The molecule has 0 amide bonds. The molecule has 3 nitrogen and oxygen atoms in total. The van der Waals surface area contributed by atoms with Gasteiger partial charge in [0.05, 0.1) is 5.56 Å². The summed E-state index contributed by atoms with van der Waals surface area (Å²) in [6.45, 7) is 0. The van der Waals surface area contributed by atoms with E-state index in [1.165, 1.54) is 0 Å². The highest BCUT2D eigenvalue weighted by molar-refractivity contribution is 9.10. The Kier molecular flexibility index (Phi) is 4.50. The summed E-state index contributed by atoms with van der Waals surface area (Å²) < 4.78 is 6.80. The molecule has 0 radical (unpaired) electrons. The highest BCUT2D eigenvalue weighted by Crippen LogP contribution is 2.32. The molecule has 3 N–H and O–H groups in total. The first kappa shape index (κ1) is 14.0. The number of nitrogen functional groups attached to an aromatic ring is 1. The number of thioether (sulfide) groups is 1.